The largest absolute Gasteiger partial charge is 0.370 e. The topological polar surface area (TPSA) is 39.5 Å². The maximum Gasteiger partial charge on any atom is 0.146 e. The number of hydrogen-bond acceptors (Lipinski definition) is 4. The molecule has 0 aromatic heterocycles. The lowest BCUT2D eigenvalue weighted by Crippen LogP contribution is -2.72. The fourth-order valence-electron chi connectivity index (χ4n) is 3.49. The molecule has 0 bridgehead atoms. The number of halogens is 2. The summed E-state index contributed by atoms with van der Waals surface area (Å²) in [7, 11) is 0. The second kappa shape index (κ2) is 6.06. The lowest BCUT2D eigenvalue weighted by molar-refractivity contribution is -0.277. The van der Waals surface area contributed by atoms with Crippen LogP contribution in [0, 0.1) is 28.4 Å². The number of nitriles is 1. The first kappa shape index (κ1) is 16.2. The van der Waals surface area contributed by atoms with E-state index < -0.39 is 17.2 Å². The first-order chi connectivity index (χ1) is 11.0. The maximum atomic E-state index is 13.7. The van der Waals surface area contributed by atoms with E-state index in [1.807, 2.05) is 9.96 Å². The van der Waals surface area contributed by atoms with Crippen molar-refractivity contribution < 1.29 is 13.6 Å². The Balaban J connectivity index is 1.54. The van der Waals surface area contributed by atoms with Crippen molar-refractivity contribution in [1.82, 2.24) is 5.06 Å². The van der Waals surface area contributed by atoms with E-state index >= 15 is 0 Å². The molecule has 2 heterocycles. The zero-order chi connectivity index (χ0) is 16.6. The third kappa shape index (κ3) is 3.04. The Kier molecular flexibility index (Phi) is 4.26. The molecule has 1 aromatic carbocycles. The van der Waals surface area contributed by atoms with Gasteiger partial charge < -0.3 is 4.90 Å². The molecule has 0 N–H and O–H groups in total. The minimum atomic E-state index is -0.796. The molecule has 2 aliphatic rings. The van der Waals surface area contributed by atoms with Gasteiger partial charge in [-0.05, 0) is 25.5 Å². The van der Waals surface area contributed by atoms with Crippen LogP contribution < -0.4 is 4.90 Å². The van der Waals surface area contributed by atoms with Crippen molar-refractivity contribution in [2.24, 2.45) is 5.41 Å². The molecule has 2 fully saturated rings. The van der Waals surface area contributed by atoms with Crippen molar-refractivity contribution in [2.45, 2.75) is 32.8 Å². The van der Waals surface area contributed by atoms with E-state index in [0.29, 0.717) is 5.69 Å². The van der Waals surface area contributed by atoms with E-state index in [4.69, 9.17) is 10.1 Å². The molecule has 1 aromatic rings. The van der Waals surface area contributed by atoms with Crippen LogP contribution in [0.4, 0.5) is 14.5 Å². The summed E-state index contributed by atoms with van der Waals surface area (Å²) >= 11 is 0. The standard InChI is InChI=1S/C17H21F2N3O/c1-3-4-12(2)23-22-10-17(11-22)8-21(9-17)13-5-15(18)14(7-20)16(19)6-13/h5-6,12H,3-4,8-11H2,1-2H3. The van der Waals surface area contributed by atoms with Gasteiger partial charge in [-0.15, -0.1) is 0 Å². The van der Waals surface area contributed by atoms with E-state index in [0.717, 1.165) is 39.0 Å². The van der Waals surface area contributed by atoms with Gasteiger partial charge in [0.15, 0.2) is 0 Å². The third-order valence-electron chi connectivity index (χ3n) is 4.60. The summed E-state index contributed by atoms with van der Waals surface area (Å²) in [6, 6.07) is 4.03. The van der Waals surface area contributed by atoms with Gasteiger partial charge in [-0.25, -0.2) is 8.78 Å². The average molecular weight is 321 g/mol. The van der Waals surface area contributed by atoms with Crippen LogP contribution in [0.15, 0.2) is 12.1 Å². The van der Waals surface area contributed by atoms with Gasteiger partial charge in [-0.3, -0.25) is 4.84 Å². The highest BCUT2D eigenvalue weighted by Crippen LogP contribution is 2.42. The highest BCUT2D eigenvalue weighted by atomic mass is 19.1. The Morgan fingerprint density at radius 2 is 1.87 bits per heavy atom. The minimum Gasteiger partial charge on any atom is -0.370 e. The van der Waals surface area contributed by atoms with Crippen LogP contribution >= 0.6 is 0 Å². The van der Waals surface area contributed by atoms with E-state index in [1.54, 1.807) is 6.07 Å². The second-order valence-corrected chi connectivity index (χ2v) is 6.76. The zero-order valence-electron chi connectivity index (χ0n) is 13.5. The van der Waals surface area contributed by atoms with E-state index in [2.05, 4.69) is 13.8 Å². The van der Waals surface area contributed by atoms with Gasteiger partial charge in [0.25, 0.3) is 0 Å². The van der Waals surface area contributed by atoms with Crippen LogP contribution in [0.5, 0.6) is 0 Å². The van der Waals surface area contributed by atoms with Gasteiger partial charge in [0.2, 0.25) is 0 Å². The Bertz CT molecular complexity index is 606. The molecule has 4 nitrogen and oxygen atoms in total. The lowest BCUT2D eigenvalue weighted by Gasteiger charge is -2.60. The van der Waals surface area contributed by atoms with Crippen molar-refractivity contribution in [3.63, 3.8) is 0 Å². The smallest absolute Gasteiger partial charge is 0.146 e. The van der Waals surface area contributed by atoms with Gasteiger partial charge in [-0.1, -0.05) is 13.3 Å². The Morgan fingerprint density at radius 3 is 2.39 bits per heavy atom. The summed E-state index contributed by atoms with van der Waals surface area (Å²) in [5.41, 5.74) is 0.160. The number of benzene rings is 1. The highest BCUT2D eigenvalue weighted by molar-refractivity contribution is 5.54. The van der Waals surface area contributed by atoms with Gasteiger partial charge in [0.1, 0.15) is 23.3 Å². The molecule has 0 radical (unpaired) electrons. The van der Waals surface area contributed by atoms with Crippen molar-refractivity contribution >= 4 is 5.69 Å². The molecule has 23 heavy (non-hydrogen) atoms. The Hall–Kier alpha value is -1.71. The fraction of sp³-hybridized carbons (Fsp3) is 0.588. The predicted octanol–water partition coefficient (Wildman–Crippen LogP) is 3.08. The zero-order valence-corrected chi connectivity index (χ0v) is 13.5. The first-order valence-corrected chi connectivity index (χ1v) is 8.02. The Morgan fingerprint density at radius 1 is 1.26 bits per heavy atom. The normalized spacial score (nSPS) is 20.7. The number of nitrogens with zero attached hydrogens (tertiary/aromatic N) is 3. The summed E-state index contributed by atoms with van der Waals surface area (Å²) in [6.45, 7) is 7.46. The SMILES string of the molecule is CCCC(C)ON1CC2(C1)CN(c1cc(F)c(C#N)c(F)c1)C2. The van der Waals surface area contributed by atoms with Gasteiger partial charge >= 0.3 is 0 Å². The summed E-state index contributed by atoms with van der Waals surface area (Å²) in [4.78, 5) is 7.77. The highest BCUT2D eigenvalue weighted by Gasteiger charge is 2.52. The summed E-state index contributed by atoms with van der Waals surface area (Å²) < 4.78 is 27.4. The van der Waals surface area contributed by atoms with Crippen molar-refractivity contribution in [3.8, 4) is 6.07 Å². The molecular weight excluding hydrogens is 300 g/mol. The molecule has 2 aliphatic heterocycles. The van der Waals surface area contributed by atoms with Crippen LogP contribution in [0.1, 0.15) is 32.3 Å². The maximum absolute atomic E-state index is 13.7. The molecule has 6 heteroatoms. The van der Waals surface area contributed by atoms with Crippen molar-refractivity contribution in [1.29, 1.82) is 5.26 Å². The summed E-state index contributed by atoms with van der Waals surface area (Å²) in [6.07, 6.45) is 2.37. The molecule has 3 rings (SSSR count). The number of hydroxylamine groups is 2. The summed E-state index contributed by atoms with van der Waals surface area (Å²) in [5.74, 6) is -1.59. The third-order valence-corrected chi connectivity index (χ3v) is 4.60. The van der Waals surface area contributed by atoms with Gasteiger partial charge in [-0.2, -0.15) is 10.3 Å². The molecule has 0 saturated carbocycles. The van der Waals surface area contributed by atoms with E-state index in [9.17, 15) is 8.78 Å². The summed E-state index contributed by atoms with van der Waals surface area (Å²) in [5, 5.41) is 10.7. The van der Waals surface area contributed by atoms with Crippen molar-refractivity contribution in [3.05, 3.63) is 29.3 Å². The second-order valence-electron chi connectivity index (χ2n) is 6.76. The predicted molar refractivity (Wildman–Crippen MR) is 82.7 cm³/mol. The average Bonchev–Trinajstić information content (AvgIpc) is 2.39. The van der Waals surface area contributed by atoms with E-state index in [-0.39, 0.29) is 11.5 Å². The fourth-order valence-corrected chi connectivity index (χ4v) is 3.49. The molecule has 124 valence electrons. The molecule has 1 atom stereocenters. The molecule has 0 aliphatic carbocycles. The van der Waals surface area contributed by atoms with Crippen LogP contribution in [-0.2, 0) is 4.84 Å². The van der Waals surface area contributed by atoms with Crippen LogP contribution in [-0.4, -0.2) is 37.3 Å². The van der Waals surface area contributed by atoms with Crippen LogP contribution in [0.3, 0.4) is 0 Å². The van der Waals surface area contributed by atoms with Crippen LogP contribution in [0.25, 0.3) is 0 Å². The first-order valence-electron chi connectivity index (χ1n) is 8.02. The van der Waals surface area contributed by atoms with E-state index in [1.165, 1.54) is 12.1 Å². The molecule has 1 unspecified atom stereocenters. The van der Waals surface area contributed by atoms with Gasteiger partial charge in [0.05, 0.1) is 6.10 Å². The molecule has 2 saturated heterocycles. The minimum absolute atomic E-state index is 0.173. The van der Waals surface area contributed by atoms with Crippen LogP contribution in [0.2, 0.25) is 0 Å². The molecular formula is C17H21F2N3O. The van der Waals surface area contributed by atoms with Crippen molar-refractivity contribution in [2.75, 3.05) is 31.1 Å². The monoisotopic (exact) mass is 321 g/mol. The molecule has 1 spiro atoms. The Labute approximate surface area is 135 Å². The quantitative estimate of drug-likeness (QED) is 0.835. The number of anilines is 1. The molecule has 0 amide bonds. The lowest BCUT2D eigenvalue weighted by atomic mass is 9.74. The number of rotatable bonds is 5. The number of hydrogen-bond donors (Lipinski definition) is 0. The van der Waals surface area contributed by atoms with Gasteiger partial charge in [0, 0.05) is 37.3 Å².